The number of carbonyl (C=O) groups is 2. The number of aliphatic hydroxyl groups is 1. The van der Waals surface area contributed by atoms with Crippen LogP contribution in [0, 0.1) is 17.0 Å². The molecule has 2 amide bonds. The summed E-state index contributed by atoms with van der Waals surface area (Å²) < 4.78 is 28.4. The molecule has 2 aromatic carbocycles. The van der Waals surface area contributed by atoms with Gasteiger partial charge in [-0.15, -0.1) is 0 Å². The van der Waals surface area contributed by atoms with E-state index in [0.29, 0.717) is 61.1 Å². The topological polar surface area (TPSA) is 90.5 Å². The number of halogens is 4. The first-order valence-electron chi connectivity index (χ1n) is 11.6. The van der Waals surface area contributed by atoms with Crippen LogP contribution in [-0.4, -0.2) is 44.2 Å². The first-order valence-corrected chi connectivity index (χ1v) is 12.3. The van der Waals surface area contributed by atoms with E-state index in [1.54, 1.807) is 12.1 Å². The fraction of sp³-hybridized carbons (Fsp3) is 0.462. The molecule has 2 aromatic rings. The van der Waals surface area contributed by atoms with E-state index in [9.17, 15) is 18.4 Å². The van der Waals surface area contributed by atoms with Crippen molar-refractivity contribution >= 4 is 41.7 Å². The van der Waals surface area contributed by atoms with Crippen LogP contribution in [0.4, 0.5) is 14.5 Å². The molecule has 0 saturated carbocycles. The Balaban J connectivity index is 0.000000450. The Bertz CT molecular complexity index is 982. The summed E-state index contributed by atoms with van der Waals surface area (Å²) >= 11 is 11.7. The highest BCUT2D eigenvalue weighted by molar-refractivity contribution is 6.31. The molecule has 4 N–H and O–H groups in total. The van der Waals surface area contributed by atoms with Gasteiger partial charge in [-0.1, -0.05) is 63.0 Å². The van der Waals surface area contributed by atoms with Crippen LogP contribution in [-0.2, 0) is 9.59 Å². The van der Waals surface area contributed by atoms with Gasteiger partial charge in [0.2, 0.25) is 12.8 Å². The fourth-order valence-corrected chi connectivity index (χ4v) is 3.78. The molecule has 0 spiro atoms. The third kappa shape index (κ3) is 10.8. The number of nitrogens with one attached hydrogen (secondary N) is 3. The summed E-state index contributed by atoms with van der Waals surface area (Å²) in [6.45, 7) is 10.5. The van der Waals surface area contributed by atoms with Crippen molar-refractivity contribution in [3.05, 3.63) is 63.1 Å². The predicted octanol–water partition coefficient (Wildman–Crippen LogP) is 5.48. The minimum Gasteiger partial charge on any atom is -0.396 e. The highest BCUT2D eigenvalue weighted by Crippen LogP contribution is 2.42. The van der Waals surface area contributed by atoms with Gasteiger partial charge in [0, 0.05) is 43.8 Å². The third-order valence-corrected chi connectivity index (χ3v) is 5.45. The molecule has 1 fully saturated rings. The maximum absolute atomic E-state index is 14.4. The Kier molecular flexibility index (Phi) is 13.9. The fourth-order valence-electron chi connectivity index (χ4n) is 3.44. The average molecular weight is 546 g/mol. The molecule has 10 heteroatoms. The standard InChI is InChI=1S/C17H14Cl2F2N2O.C5H12.C4H9NO2/c18-13-3-1-2-9(17(13)21)11-6-22-7-12(11)10-4-15(20)14(19)5-16(10)23-8-24;1-5(2,3)4;6-3-1-2-5-4-7/h1-5,8,11-12,22H,6-7H2,(H,23,24);1-4H3;4,6H,1-3H2,(H,5,7)/t11-,12+;;/m1../s1. The smallest absolute Gasteiger partial charge is 0.211 e. The van der Waals surface area contributed by atoms with E-state index < -0.39 is 11.6 Å². The van der Waals surface area contributed by atoms with Crippen LogP contribution < -0.4 is 16.0 Å². The van der Waals surface area contributed by atoms with Crippen LogP contribution in [0.2, 0.25) is 10.0 Å². The van der Waals surface area contributed by atoms with E-state index >= 15 is 0 Å². The molecule has 0 bridgehead atoms. The van der Waals surface area contributed by atoms with Crippen molar-refractivity contribution in [3.8, 4) is 0 Å². The molecule has 1 aliphatic rings. The van der Waals surface area contributed by atoms with E-state index in [0.717, 1.165) is 0 Å². The van der Waals surface area contributed by atoms with Gasteiger partial charge in [0.1, 0.15) is 11.6 Å². The predicted molar refractivity (Wildman–Crippen MR) is 142 cm³/mol. The van der Waals surface area contributed by atoms with Crippen molar-refractivity contribution in [3.63, 3.8) is 0 Å². The van der Waals surface area contributed by atoms with Crippen molar-refractivity contribution < 1.29 is 23.5 Å². The summed E-state index contributed by atoms with van der Waals surface area (Å²) in [5.74, 6) is -1.53. The van der Waals surface area contributed by atoms with Crippen molar-refractivity contribution in [2.24, 2.45) is 5.41 Å². The van der Waals surface area contributed by atoms with E-state index in [-0.39, 0.29) is 28.5 Å². The molecule has 200 valence electrons. The molecule has 2 atom stereocenters. The molecule has 0 unspecified atom stereocenters. The molecule has 0 aromatic heterocycles. The van der Waals surface area contributed by atoms with E-state index in [1.807, 2.05) is 0 Å². The monoisotopic (exact) mass is 545 g/mol. The molecule has 1 heterocycles. The van der Waals surface area contributed by atoms with Crippen LogP contribution in [0.15, 0.2) is 30.3 Å². The van der Waals surface area contributed by atoms with Crippen LogP contribution in [0.5, 0.6) is 0 Å². The van der Waals surface area contributed by atoms with E-state index in [1.165, 1.54) is 18.2 Å². The van der Waals surface area contributed by atoms with Crippen LogP contribution in [0.25, 0.3) is 0 Å². The van der Waals surface area contributed by atoms with Crippen molar-refractivity contribution in [1.82, 2.24) is 10.6 Å². The van der Waals surface area contributed by atoms with Crippen LogP contribution in [0.3, 0.4) is 0 Å². The molecular weight excluding hydrogens is 511 g/mol. The molecule has 6 nitrogen and oxygen atoms in total. The second-order valence-electron chi connectivity index (χ2n) is 9.78. The highest BCUT2D eigenvalue weighted by atomic mass is 35.5. The Morgan fingerprint density at radius 1 is 1.03 bits per heavy atom. The largest absolute Gasteiger partial charge is 0.396 e. The molecule has 0 aliphatic carbocycles. The first kappa shape index (κ1) is 31.8. The van der Waals surface area contributed by atoms with Gasteiger partial charge in [0.05, 0.1) is 10.0 Å². The third-order valence-electron chi connectivity index (χ3n) is 4.86. The number of amides is 2. The molecular formula is C26H35Cl2F2N3O3. The minimum atomic E-state index is -0.583. The second-order valence-corrected chi connectivity index (χ2v) is 10.6. The molecule has 36 heavy (non-hydrogen) atoms. The molecule has 3 rings (SSSR count). The van der Waals surface area contributed by atoms with Crippen molar-refractivity contribution in [2.75, 3.05) is 31.6 Å². The lowest BCUT2D eigenvalue weighted by atomic mass is 9.83. The first-order chi connectivity index (χ1) is 16.9. The Hall–Kier alpha value is -2.26. The summed E-state index contributed by atoms with van der Waals surface area (Å²) in [5, 5.41) is 16.2. The van der Waals surface area contributed by atoms with Gasteiger partial charge in [-0.25, -0.2) is 8.78 Å². The average Bonchev–Trinajstić information content (AvgIpc) is 3.27. The second kappa shape index (κ2) is 15.8. The van der Waals surface area contributed by atoms with Gasteiger partial charge in [-0.2, -0.15) is 0 Å². The number of aliphatic hydroxyl groups excluding tert-OH is 1. The van der Waals surface area contributed by atoms with Gasteiger partial charge in [-0.05, 0) is 41.2 Å². The van der Waals surface area contributed by atoms with Crippen molar-refractivity contribution in [1.29, 1.82) is 0 Å². The molecule has 1 aliphatic heterocycles. The number of hydrogen-bond donors (Lipinski definition) is 4. The summed E-state index contributed by atoms with van der Waals surface area (Å²) in [7, 11) is 0. The molecule has 1 saturated heterocycles. The summed E-state index contributed by atoms with van der Waals surface area (Å²) in [4.78, 5) is 20.3. The number of carbonyl (C=O) groups excluding carboxylic acids is 2. The van der Waals surface area contributed by atoms with Gasteiger partial charge < -0.3 is 21.1 Å². The summed E-state index contributed by atoms with van der Waals surface area (Å²) in [6, 6.07) is 7.50. The molecule has 0 radical (unpaired) electrons. The van der Waals surface area contributed by atoms with Gasteiger partial charge in [0.15, 0.2) is 0 Å². The number of rotatable bonds is 8. The van der Waals surface area contributed by atoms with Gasteiger partial charge in [-0.3, -0.25) is 9.59 Å². The lowest BCUT2D eigenvalue weighted by Gasteiger charge is -2.23. The Morgan fingerprint density at radius 3 is 2.19 bits per heavy atom. The van der Waals surface area contributed by atoms with Gasteiger partial charge in [0.25, 0.3) is 0 Å². The van der Waals surface area contributed by atoms with Gasteiger partial charge >= 0.3 is 0 Å². The number of anilines is 1. The lowest BCUT2D eigenvalue weighted by Crippen LogP contribution is -2.13. The summed E-state index contributed by atoms with van der Waals surface area (Å²) in [6.07, 6.45) is 1.76. The minimum absolute atomic E-state index is 0.0478. The van der Waals surface area contributed by atoms with E-state index in [2.05, 4.69) is 43.6 Å². The quantitative estimate of drug-likeness (QED) is 0.261. The maximum Gasteiger partial charge on any atom is 0.211 e. The number of hydrogen-bond acceptors (Lipinski definition) is 4. The zero-order valence-electron chi connectivity index (χ0n) is 21.0. The summed E-state index contributed by atoms with van der Waals surface area (Å²) in [5.41, 5.74) is 1.95. The zero-order valence-corrected chi connectivity index (χ0v) is 22.5. The Labute approximate surface area is 221 Å². The van der Waals surface area contributed by atoms with Crippen LogP contribution >= 0.6 is 23.2 Å². The van der Waals surface area contributed by atoms with Crippen molar-refractivity contribution in [2.45, 2.75) is 46.0 Å². The number of benzene rings is 2. The lowest BCUT2D eigenvalue weighted by molar-refractivity contribution is -0.109. The van der Waals surface area contributed by atoms with Crippen LogP contribution in [0.1, 0.15) is 57.1 Å². The SMILES string of the molecule is CC(C)(C)C.O=CNCCCO.O=CNc1cc(Cl)c(F)cc1[C@@H]1CNC[C@@H]1c1cccc(Cl)c1F. The highest BCUT2D eigenvalue weighted by Gasteiger charge is 2.34. The van der Waals surface area contributed by atoms with E-state index in [4.69, 9.17) is 28.3 Å². The maximum atomic E-state index is 14.4. The zero-order chi connectivity index (χ0) is 27.3. The Morgan fingerprint density at radius 2 is 1.64 bits per heavy atom. The normalized spacial score (nSPS) is 16.7.